The predicted molar refractivity (Wildman–Crippen MR) is 66.3 cm³/mol. The molecule has 1 N–H and O–H groups in total. The zero-order chi connectivity index (χ0) is 11.1. The molecule has 0 aliphatic carbocycles. The van der Waals surface area contributed by atoms with Crippen LogP contribution in [0.5, 0.6) is 0 Å². The van der Waals surface area contributed by atoms with E-state index in [1.165, 1.54) is 45.6 Å². The van der Waals surface area contributed by atoms with Gasteiger partial charge in [0.25, 0.3) is 0 Å². The molecule has 3 nitrogen and oxygen atoms in total. The lowest BCUT2D eigenvalue weighted by atomic mass is 10.2. The lowest BCUT2D eigenvalue weighted by molar-refractivity contribution is 0.141. The molecule has 1 aliphatic heterocycles. The van der Waals surface area contributed by atoms with Crippen LogP contribution in [0.1, 0.15) is 26.7 Å². The molecule has 1 aliphatic rings. The Labute approximate surface area is 94.8 Å². The van der Waals surface area contributed by atoms with Crippen molar-refractivity contribution >= 4 is 0 Å². The maximum Gasteiger partial charge on any atom is 0.0192 e. The Morgan fingerprint density at radius 2 is 1.80 bits per heavy atom. The van der Waals surface area contributed by atoms with E-state index in [4.69, 9.17) is 0 Å². The monoisotopic (exact) mass is 213 g/mol. The van der Waals surface area contributed by atoms with E-state index in [2.05, 4.69) is 36.0 Å². The summed E-state index contributed by atoms with van der Waals surface area (Å²) in [7, 11) is 2.21. The van der Waals surface area contributed by atoms with Gasteiger partial charge in [0, 0.05) is 38.8 Å². The first-order valence-electron chi connectivity index (χ1n) is 6.40. The van der Waals surface area contributed by atoms with Crippen LogP contribution in [0, 0.1) is 0 Å². The standard InChI is InChI=1S/C12H27N3/c1-4-6-13-12(5-2)11-15-9-7-14(3)8-10-15/h12-13H,4-11H2,1-3H3. The largest absolute Gasteiger partial charge is 0.313 e. The van der Waals surface area contributed by atoms with Gasteiger partial charge in [-0.05, 0) is 26.4 Å². The highest BCUT2D eigenvalue weighted by Gasteiger charge is 2.16. The molecule has 0 spiro atoms. The van der Waals surface area contributed by atoms with Crippen LogP contribution in [0.25, 0.3) is 0 Å². The molecular formula is C12H27N3. The summed E-state index contributed by atoms with van der Waals surface area (Å²) in [5.74, 6) is 0. The Morgan fingerprint density at radius 3 is 2.33 bits per heavy atom. The second-order valence-electron chi connectivity index (χ2n) is 4.66. The van der Waals surface area contributed by atoms with E-state index < -0.39 is 0 Å². The molecule has 1 atom stereocenters. The zero-order valence-electron chi connectivity index (χ0n) is 10.6. The van der Waals surface area contributed by atoms with Crippen LogP contribution in [0.2, 0.25) is 0 Å². The van der Waals surface area contributed by atoms with Crippen molar-refractivity contribution in [3.8, 4) is 0 Å². The minimum absolute atomic E-state index is 0.688. The number of hydrogen-bond acceptors (Lipinski definition) is 3. The van der Waals surface area contributed by atoms with Crippen LogP contribution in [0.3, 0.4) is 0 Å². The summed E-state index contributed by atoms with van der Waals surface area (Å²) >= 11 is 0. The number of nitrogens with zero attached hydrogens (tertiary/aromatic N) is 2. The van der Waals surface area contributed by atoms with Gasteiger partial charge in [0.05, 0.1) is 0 Å². The molecule has 15 heavy (non-hydrogen) atoms. The molecule has 1 fully saturated rings. The summed E-state index contributed by atoms with van der Waals surface area (Å²) in [5, 5.41) is 3.62. The van der Waals surface area contributed by atoms with Crippen molar-refractivity contribution in [1.29, 1.82) is 0 Å². The lowest BCUT2D eigenvalue weighted by Crippen LogP contribution is -2.49. The number of nitrogens with one attached hydrogen (secondary N) is 1. The fourth-order valence-electron chi connectivity index (χ4n) is 2.03. The molecule has 0 saturated carbocycles. The van der Waals surface area contributed by atoms with E-state index in [1.807, 2.05) is 0 Å². The van der Waals surface area contributed by atoms with Crippen LogP contribution in [-0.4, -0.2) is 62.2 Å². The molecule has 0 bridgehead atoms. The van der Waals surface area contributed by atoms with E-state index >= 15 is 0 Å². The minimum Gasteiger partial charge on any atom is -0.313 e. The summed E-state index contributed by atoms with van der Waals surface area (Å²) in [5.41, 5.74) is 0. The molecule has 1 unspecified atom stereocenters. The molecule has 1 saturated heterocycles. The van der Waals surface area contributed by atoms with Crippen molar-refractivity contribution in [1.82, 2.24) is 15.1 Å². The average molecular weight is 213 g/mol. The van der Waals surface area contributed by atoms with Gasteiger partial charge in [0.1, 0.15) is 0 Å². The summed E-state index contributed by atoms with van der Waals surface area (Å²) in [4.78, 5) is 5.01. The molecular weight excluding hydrogens is 186 g/mol. The van der Waals surface area contributed by atoms with Crippen molar-refractivity contribution in [2.75, 3.05) is 46.3 Å². The second-order valence-corrected chi connectivity index (χ2v) is 4.66. The SMILES string of the molecule is CCCNC(CC)CN1CCN(C)CC1. The van der Waals surface area contributed by atoms with Crippen LogP contribution >= 0.6 is 0 Å². The highest BCUT2D eigenvalue weighted by atomic mass is 15.3. The van der Waals surface area contributed by atoms with Gasteiger partial charge in [0.15, 0.2) is 0 Å². The van der Waals surface area contributed by atoms with E-state index in [9.17, 15) is 0 Å². The number of likely N-dealkylation sites (N-methyl/N-ethyl adjacent to an activating group) is 1. The van der Waals surface area contributed by atoms with Crippen LogP contribution < -0.4 is 5.32 Å². The molecule has 0 radical (unpaired) electrons. The number of piperazine rings is 1. The molecule has 0 amide bonds. The summed E-state index contributed by atoms with van der Waals surface area (Å²) < 4.78 is 0. The molecule has 1 rings (SSSR count). The second kappa shape index (κ2) is 7.20. The van der Waals surface area contributed by atoms with Crippen molar-refractivity contribution in [3.63, 3.8) is 0 Å². The smallest absolute Gasteiger partial charge is 0.0192 e. The molecule has 0 aromatic rings. The lowest BCUT2D eigenvalue weighted by Gasteiger charge is -2.34. The quantitative estimate of drug-likeness (QED) is 0.710. The Bertz CT molecular complexity index is 150. The highest BCUT2D eigenvalue weighted by Crippen LogP contribution is 2.02. The maximum atomic E-state index is 3.62. The number of hydrogen-bond donors (Lipinski definition) is 1. The Morgan fingerprint density at radius 1 is 1.13 bits per heavy atom. The van der Waals surface area contributed by atoms with Crippen molar-refractivity contribution in [3.05, 3.63) is 0 Å². The van der Waals surface area contributed by atoms with E-state index in [0.29, 0.717) is 6.04 Å². The van der Waals surface area contributed by atoms with Crippen molar-refractivity contribution in [2.45, 2.75) is 32.7 Å². The zero-order valence-corrected chi connectivity index (χ0v) is 10.6. The van der Waals surface area contributed by atoms with Crippen LogP contribution in [0.4, 0.5) is 0 Å². The predicted octanol–water partition coefficient (Wildman–Crippen LogP) is 1.01. The molecule has 0 aromatic heterocycles. The molecule has 3 heteroatoms. The molecule has 1 heterocycles. The van der Waals surface area contributed by atoms with Crippen LogP contribution in [-0.2, 0) is 0 Å². The van der Waals surface area contributed by atoms with Crippen LogP contribution in [0.15, 0.2) is 0 Å². The first kappa shape index (κ1) is 12.9. The minimum atomic E-state index is 0.688. The fourth-order valence-corrected chi connectivity index (χ4v) is 2.03. The fraction of sp³-hybridized carbons (Fsp3) is 1.00. The van der Waals surface area contributed by atoms with Crippen molar-refractivity contribution in [2.24, 2.45) is 0 Å². The van der Waals surface area contributed by atoms with Crippen molar-refractivity contribution < 1.29 is 0 Å². The van der Waals surface area contributed by atoms with Gasteiger partial charge in [-0.25, -0.2) is 0 Å². The summed E-state index contributed by atoms with van der Waals surface area (Å²) in [6.45, 7) is 11.8. The Kier molecular flexibility index (Phi) is 6.22. The van der Waals surface area contributed by atoms with Gasteiger partial charge >= 0.3 is 0 Å². The number of rotatable bonds is 6. The molecule has 90 valence electrons. The first-order chi connectivity index (χ1) is 7.26. The summed E-state index contributed by atoms with van der Waals surface area (Å²) in [6.07, 6.45) is 2.48. The van der Waals surface area contributed by atoms with Gasteiger partial charge in [0.2, 0.25) is 0 Å². The third kappa shape index (κ3) is 4.96. The van der Waals surface area contributed by atoms with E-state index in [1.54, 1.807) is 0 Å². The first-order valence-corrected chi connectivity index (χ1v) is 6.40. The normalized spacial score (nSPS) is 21.8. The van der Waals surface area contributed by atoms with Gasteiger partial charge in [-0.1, -0.05) is 13.8 Å². The highest BCUT2D eigenvalue weighted by molar-refractivity contribution is 4.75. The van der Waals surface area contributed by atoms with Gasteiger partial charge in [-0.3, -0.25) is 4.90 Å². The van der Waals surface area contributed by atoms with E-state index in [0.717, 1.165) is 6.54 Å². The Hall–Kier alpha value is -0.120. The average Bonchev–Trinajstić information content (AvgIpc) is 2.27. The van der Waals surface area contributed by atoms with Gasteiger partial charge in [-0.2, -0.15) is 0 Å². The third-order valence-electron chi connectivity index (χ3n) is 3.25. The third-order valence-corrected chi connectivity index (χ3v) is 3.25. The maximum absolute atomic E-state index is 3.62. The Balaban J connectivity index is 2.19. The van der Waals surface area contributed by atoms with Gasteiger partial charge < -0.3 is 10.2 Å². The topological polar surface area (TPSA) is 18.5 Å². The molecule has 0 aromatic carbocycles. The van der Waals surface area contributed by atoms with Gasteiger partial charge in [-0.15, -0.1) is 0 Å². The van der Waals surface area contributed by atoms with E-state index in [-0.39, 0.29) is 0 Å². The summed E-state index contributed by atoms with van der Waals surface area (Å²) in [6, 6.07) is 0.688.